The molecule has 0 saturated carbocycles. The molecular formula is C17H13N3O4. The van der Waals surface area contributed by atoms with Gasteiger partial charge in [0.25, 0.3) is 11.6 Å². The molecule has 0 spiro atoms. The van der Waals surface area contributed by atoms with Crippen molar-refractivity contribution in [1.29, 1.82) is 0 Å². The van der Waals surface area contributed by atoms with Gasteiger partial charge in [0.05, 0.1) is 10.4 Å². The lowest BCUT2D eigenvalue weighted by molar-refractivity contribution is -0.385. The molecular weight excluding hydrogens is 310 g/mol. The Morgan fingerprint density at radius 2 is 1.92 bits per heavy atom. The van der Waals surface area contributed by atoms with Crippen LogP contribution in [0, 0.1) is 17.0 Å². The number of hydrogen-bond donors (Lipinski definition) is 2. The molecule has 0 radical (unpaired) electrons. The first-order valence-corrected chi connectivity index (χ1v) is 7.14. The molecule has 0 unspecified atom stereocenters. The summed E-state index contributed by atoms with van der Waals surface area (Å²) in [4.78, 5) is 37.0. The molecule has 0 aliphatic rings. The van der Waals surface area contributed by atoms with E-state index >= 15 is 0 Å². The van der Waals surface area contributed by atoms with Crippen molar-refractivity contribution in [3.8, 4) is 0 Å². The van der Waals surface area contributed by atoms with E-state index in [0.29, 0.717) is 11.2 Å². The summed E-state index contributed by atoms with van der Waals surface area (Å²) >= 11 is 0. The summed E-state index contributed by atoms with van der Waals surface area (Å²) in [5.41, 5.74) is 1.32. The van der Waals surface area contributed by atoms with Crippen LogP contribution in [0.3, 0.4) is 0 Å². The number of fused-ring (bicyclic) bond motifs is 1. The number of rotatable bonds is 3. The number of amides is 1. The summed E-state index contributed by atoms with van der Waals surface area (Å²) in [6.07, 6.45) is 0. The van der Waals surface area contributed by atoms with Crippen LogP contribution >= 0.6 is 0 Å². The monoisotopic (exact) mass is 323 g/mol. The zero-order valence-electron chi connectivity index (χ0n) is 12.7. The highest BCUT2D eigenvalue weighted by atomic mass is 16.6. The number of para-hydroxylation sites is 1. The molecule has 3 aromatic rings. The fourth-order valence-corrected chi connectivity index (χ4v) is 2.54. The predicted molar refractivity (Wildman–Crippen MR) is 90.4 cm³/mol. The van der Waals surface area contributed by atoms with Gasteiger partial charge in [-0.1, -0.05) is 18.2 Å². The van der Waals surface area contributed by atoms with E-state index in [0.717, 1.165) is 10.9 Å². The lowest BCUT2D eigenvalue weighted by Crippen LogP contribution is -2.14. The van der Waals surface area contributed by atoms with Crippen molar-refractivity contribution in [3.05, 3.63) is 80.1 Å². The second-order valence-corrected chi connectivity index (χ2v) is 5.31. The SMILES string of the molecule is Cc1cc(=O)[nH]c2cc(NC(=O)c3ccccc3[N+](=O)[O-])ccc12. The van der Waals surface area contributed by atoms with E-state index < -0.39 is 10.8 Å². The number of carbonyl (C=O) groups excluding carboxylic acids is 1. The van der Waals surface area contributed by atoms with Crippen molar-refractivity contribution in [2.75, 3.05) is 5.32 Å². The predicted octanol–water partition coefficient (Wildman–Crippen LogP) is 3.00. The maximum absolute atomic E-state index is 12.3. The van der Waals surface area contributed by atoms with Crippen molar-refractivity contribution < 1.29 is 9.72 Å². The molecule has 0 aliphatic carbocycles. The number of anilines is 1. The quantitative estimate of drug-likeness (QED) is 0.571. The Balaban J connectivity index is 1.97. The standard InChI is InChI=1S/C17H13N3O4/c1-10-8-16(21)19-14-9-11(6-7-12(10)14)18-17(22)13-4-2-3-5-15(13)20(23)24/h2-9H,1H3,(H,18,22)(H,19,21). The molecule has 3 rings (SSSR count). The maximum atomic E-state index is 12.3. The van der Waals surface area contributed by atoms with Crippen LogP contribution in [-0.4, -0.2) is 15.8 Å². The van der Waals surface area contributed by atoms with Crippen LogP contribution in [0.25, 0.3) is 10.9 Å². The number of aromatic nitrogens is 1. The smallest absolute Gasteiger partial charge is 0.282 e. The number of benzene rings is 2. The molecule has 0 aliphatic heterocycles. The lowest BCUT2D eigenvalue weighted by Gasteiger charge is -2.08. The van der Waals surface area contributed by atoms with E-state index in [9.17, 15) is 19.7 Å². The number of hydrogen-bond acceptors (Lipinski definition) is 4. The van der Waals surface area contributed by atoms with Gasteiger partial charge in [-0.05, 0) is 30.7 Å². The minimum absolute atomic E-state index is 0.0275. The Bertz CT molecular complexity index is 1020. The zero-order valence-corrected chi connectivity index (χ0v) is 12.7. The van der Waals surface area contributed by atoms with Gasteiger partial charge in [0.2, 0.25) is 5.56 Å². The molecule has 7 heteroatoms. The number of nitro groups is 1. The largest absolute Gasteiger partial charge is 0.322 e. The number of pyridine rings is 1. The average Bonchev–Trinajstić information content (AvgIpc) is 2.54. The molecule has 0 atom stereocenters. The third-order valence-corrected chi connectivity index (χ3v) is 3.65. The summed E-state index contributed by atoms with van der Waals surface area (Å²) < 4.78 is 0. The third-order valence-electron chi connectivity index (χ3n) is 3.65. The minimum atomic E-state index is -0.601. The van der Waals surface area contributed by atoms with Gasteiger partial charge in [0.1, 0.15) is 5.56 Å². The van der Waals surface area contributed by atoms with Crippen molar-refractivity contribution >= 4 is 28.2 Å². The van der Waals surface area contributed by atoms with Crippen LogP contribution in [0.15, 0.2) is 53.3 Å². The number of aromatic amines is 1. The van der Waals surface area contributed by atoms with E-state index in [1.807, 2.05) is 6.92 Å². The van der Waals surface area contributed by atoms with Gasteiger partial charge in [-0.25, -0.2) is 0 Å². The molecule has 0 fully saturated rings. The average molecular weight is 323 g/mol. The van der Waals surface area contributed by atoms with Crippen molar-refractivity contribution in [2.45, 2.75) is 6.92 Å². The van der Waals surface area contributed by atoms with E-state index in [1.54, 1.807) is 24.3 Å². The summed E-state index contributed by atoms with van der Waals surface area (Å²) in [5, 5.41) is 14.5. The molecule has 1 aromatic heterocycles. The van der Waals surface area contributed by atoms with Crippen LogP contribution in [0.4, 0.5) is 11.4 Å². The zero-order chi connectivity index (χ0) is 17.3. The van der Waals surface area contributed by atoms with Crippen LogP contribution in [0.1, 0.15) is 15.9 Å². The van der Waals surface area contributed by atoms with E-state index in [-0.39, 0.29) is 16.8 Å². The van der Waals surface area contributed by atoms with Crippen LogP contribution < -0.4 is 10.9 Å². The number of nitrogens with one attached hydrogen (secondary N) is 2. The normalized spacial score (nSPS) is 10.5. The first-order chi connectivity index (χ1) is 11.5. The molecule has 2 aromatic carbocycles. The Kier molecular flexibility index (Phi) is 3.83. The van der Waals surface area contributed by atoms with Gasteiger partial charge in [-0.2, -0.15) is 0 Å². The Labute approximate surface area is 136 Å². The van der Waals surface area contributed by atoms with Gasteiger partial charge in [-0.15, -0.1) is 0 Å². The van der Waals surface area contributed by atoms with Gasteiger partial charge in [-0.3, -0.25) is 19.7 Å². The summed E-state index contributed by atoms with van der Waals surface area (Å²) in [6.45, 7) is 1.82. The maximum Gasteiger partial charge on any atom is 0.282 e. The topological polar surface area (TPSA) is 105 Å². The number of nitrogens with zero attached hydrogens (tertiary/aromatic N) is 1. The van der Waals surface area contributed by atoms with E-state index in [4.69, 9.17) is 0 Å². The fourth-order valence-electron chi connectivity index (χ4n) is 2.54. The van der Waals surface area contributed by atoms with Crippen LogP contribution in [-0.2, 0) is 0 Å². The summed E-state index contributed by atoms with van der Waals surface area (Å²) in [6, 6.07) is 12.3. The highest BCUT2D eigenvalue weighted by Crippen LogP contribution is 2.22. The van der Waals surface area contributed by atoms with Gasteiger partial charge in [0.15, 0.2) is 0 Å². The molecule has 7 nitrogen and oxygen atoms in total. The number of carbonyl (C=O) groups is 1. The summed E-state index contributed by atoms with van der Waals surface area (Å²) in [5.74, 6) is -0.586. The fraction of sp³-hybridized carbons (Fsp3) is 0.0588. The second-order valence-electron chi connectivity index (χ2n) is 5.31. The van der Waals surface area contributed by atoms with Crippen LogP contribution in [0.2, 0.25) is 0 Å². The molecule has 0 saturated heterocycles. The molecule has 0 bridgehead atoms. The first-order valence-electron chi connectivity index (χ1n) is 7.14. The first kappa shape index (κ1) is 15.4. The van der Waals surface area contributed by atoms with Gasteiger partial charge >= 0.3 is 0 Å². The number of aryl methyl sites for hydroxylation is 1. The molecule has 2 N–H and O–H groups in total. The highest BCUT2D eigenvalue weighted by molar-refractivity contribution is 6.07. The minimum Gasteiger partial charge on any atom is -0.322 e. The third kappa shape index (κ3) is 2.87. The number of H-pyrrole nitrogens is 1. The van der Waals surface area contributed by atoms with Gasteiger partial charge < -0.3 is 10.3 Å². The Morgan fingerprint density at radius 1 is 1.17 bits per heavy atom. The van der Waals surface area contributed by atoms with Crippen molar-refractivity contribution in [1.82, 2.24) is 4.98 Å². The van der Waals surface area contributed by atoms with Crippen molar-refractivity contribution in [2.24, 2.45) is 0 Å². The lowest BCUT2D eigenvalue weighted by atomic mass is 10.1. The molecule has 24 heavy (non-hydrogen) atoms. The van der Waals surface area contributed by atoms with Gasteiger partial charge in [0, 0.05) is 23.2 Å². The van der Waals surface area contributed by atoms with Crippen molar-refractivity contribution in [3.63, 3.8) is 0 Å². The van der Waals surface area contributed by atoms with Crippen LogP contribution in [0.5, 0.6) is 0 Å². The Morgan fingerprint density at radius 3 is 2.67 bits per heavy atom. The summed E-state index contributed by atoms with van der Waals surface area (Å²) in [7, 11) is 0. The van der Waals surface area contributed by atoms with E-state index in [1.165, 1.54) is 24.3 Å². The molecule has 1 heterocycles. The molecule has 1 amide bonds. The molecule has 120 valence electrons. The number of nitro benzene ring substituents is 1. The Hall–Kier alpha value is -3.48. The van der Waals surface area contributed by atoms with E-state index in [2.05, 4.69) is 10.3 Å². The highest BCUT2D eigenvalue weighted by Gasteiger charge is 2.19. The second kappa shape index (κ2) is 5.96.